The Morgan fingerprint density at radius 1 is 1.03 bits per heavy atom. The van der Waals surface area contributed by atoms with Gasteiger partial charge in [0.1, 0.15) is 5.69 Å². The molecule has 0 amide bonds. The third kappa shape index (κ3) is 7.30. The average molecular weight is 446 g/mol. The molecule has 1 fully saturated rings. The molecule has 7 nitrogen and oxygen atoms in total. The molecule has 1 atom stereocenters. The van der Waals surface area contributed by atoms with Crippen LogP contribution in [0.2, 0.25) is 0 Å². The minimum Gasteiger partial charge on any atom is -0.389 e. The maximum Gasteiger partial charge on any atom is 0.232 e. The van der Waals surface area contributed by atoms with Gasteiger partial charge in [0.15, 0.2) is 0 Å². The summed E-state index contributed by atoms with van der Waals surface area (Å²) in [6.45, 7) is 14.6. The van der Waals surface area contributed by atoms with Gasteiger partial charge in [-0.1, -0.05) is 63.2 Å². The number of hydrogen-bond acceptors (Lipinski definition) is 7. The van der Waals surface area contributed by atoms with E-state index in [1.807, 2.05) is 18.2 Å². The number of benzene rings is 1. The summed E-state index contributed by atoms with van der Waals surface area (Å²) in [5, 5.41) is 15.1. The van der Waals surface area contributed by atoms with Crippen molar-refractivity contribution < 1.29 is 19.1 Å². The summed E-state index contributed by atoms with van der Waals surface area (Å²) >= 11 is 0. The molecule has 2 heterocycles. The van der Waals surface area contributed by atoms with E-state index in [-0.39, 0.29) is 0 Å². The maximum atomic E-state index is 10.6. The molecule has 1 aromatic carbocycles. The Balaban J connectivity index is 1.82. The standard InChI is InChI=1S/C25H39N3O4/c1-19(2)14-27(15-22(29)18-31-17-20(3)4)16-23-24(21-8-6-5-7-9-21)26-32-25(23)28-10-12-30-13-11-28/h5-9,19-20,22,29H,10-18H2,1-4H3. The van der Waals surface area contributed by atoms with Crippen molar-refractivity contribution in [2.75, 3.05) is 57.5 Å². The first kappa shape index (κ1) is 24.7. The summed E-state index contributed by atoms with van der Waals surface area (Å²) in [6, 6.07) is 10.2. The van der Waals surface area contributed by atoms with Crippen LogP contribution in [0.25, 0.3) is 11.3 Å². The Morgan fingerprint density at radius 2 is 1.75 bits per heavy atom. The van der Waals surface area contributed by atoms with Crippen LogP contribution in [0.1, 0.15) is 33.3 Å². The lowest BCUT2D eigenvalue weighted by atomic mass is 10.1. The second kappa shape index (κ2) is 12.3. The highest BCUT2D eigenvalue weighted by molar-refractivity contribution is 5.68. The molecule has 1 aliphatic heterocycles. The Labute approximate surface area is 192 Å². The van der Waals surface area contributed by atoms with E-state index in [0.717, 1.165) is 42.3 Å². The monoisotopic (exact) mass is 445 g/mol. The number of anilines is 1. The molecule has 1 aromatic heterocycles. The predicted molar refractivity (Wildman–Crippen MR) is 127 cm³/mol. The summed E-state index contributed by atoms with van der Waals surface area (Å²) in [6.07, 6.45) is -0.542. The number of aromatic nitrogens is 1. The quantitative estimate of drug-likeness (QED) is 0.534. The molecule has 3 rings (SSSR count). The topological polar surface area (TPSA) is 71.2 Å². The number of aliphatic hydroxyl groups excluding tert-OH is 1. The zero-order valence-corrected chi connectivity index (χ0v) is 20.0. The van der Waals surface area contributed by atoms with Gasteiger partial charge >= 0.3 is 0 Å². The molecule has 0 spiro atoms. The van der Waals surface area contributed by atoms with Gasteiger partial charge in [0.05, 0.1) is 31.5 Å². The molecule has 32 heavy (non-hydrogen) atoms. The van der Waals surface area contributed by atoms with Crippen molar-refractivity contribution in [1.29, 1.82) is 0 Å². The van der Waals surface area contributed by atoms with Gasteiger partial charge in [-0.3, -0.25) is 4.90 Å². The molecule has 1 N–H and O–H groups in total. The summed E-state index contributed by atoms with van der Waals surface area (Å²) < 4.78 is 17.1. The number of ether oxygens (including phenoxy) is 2. The van der Waals surface area contributed by atoms with Crippen LogP contribution < -0.4 is 4.90 Å². The molecule has 1 unspecified atom stereocenters. The zero-order chi connectivity index (χ0) is 22.9. The summed E-state index contributed by atoms with van der Waals surface area (Å²) in [7, 11) is 0. The van der Waals surface area contributed by atoms with Crippen LogP contribution in [-0.2, 0) is 16.0 Å². The molecule has 0 aliphatic carbocycles. The molecule has 0 saturated carbocycles. The zero-order valence-electron chi connectivity index (χ0n) is 20.0. The minimum absolute atomic E-state index is 0.346. The third-order valence-corrected chi connectivity index (χ3v) is 5.35. The lowest BCUT2D eigenvalue weighted by molar-refractivity contribution is 0.00523. The average Bonchev–Trinajstić information content (AvgIpc) is 3.17. The highest BCUT2D eigenvalue weighted by Crippen LogP contribution is 2.33. The molecule has 7 heteroatoms. The third-order valence-electron chi connectivity index (χ3n) is 5.35. The fourth-order valence-electron chi connectivity index (χ4n) is 4.02. The minimum atomic E-state index is -0.542. The number of aliphatic hydroxyl groups is 1. The maximum absolute atomic E-state index is 10.6. The van der Waals surface area contributed by atoms with Crippen molar-refractivity contribution >= 4 is 5.88 Å². The van der Waals surface area contributed by atoms with E-state index in [0.29, 0.717) is 51.4 Å². The summed E-state index contributed by atoms with van der Waals surface area (Å²) in [5.74, 6) is 1.73. The molecular formula is C25H39N3O4. The molecule has 1 aliphatic rings. The fourth-order valence-corrected chi connectivity index (χ4v) is 4.02. The second-order valence-electron chi connectivity index (χ2n) is 9.45. The van der Waals surface area contributed by atoms with Gasteiger partial charge in [0, 0.05) is 44.9 Å². The highest BCUT2D eigenvalue weighted by atomic mass is 16.5. The molecule has 0 radical (unpaired) electrons. The predicted octanol–water partition coefficient (Wildman–Crippen LogP) is 3.67. The SMILES string of the molecule is CC(C)COCC(O)CN(Cc1c(-c2ccccc2)noc1N1CCOCC1)CC(C)C. The lowest BCUT2D eigenvalue weighted by Crippen LogP contribution is -2.39. The Hall–Kier alpha value is -1.93. The van der Waals surface area contributed by atoms with Gasteiger partial charge in [0.2, 0.25) is 5.88 Å². The van der Waals surface area contributed by atoms with Crippen LogP contribution in [0.3, 0.4) is 0 Å². The molecular weight excluding hydrogens is 406 g/mol. The molecule has 1 saturated heterocycles. The summed E-state index contributed by atoms with van der Waals surface area (Å²) in [4.78, 5) is 4.50. The Kier molecular flexibility index (Phi) is 9.53. The number of rotatable bonds is 12. The van der Waals surface area contributed by atoms with E-state index in [2.05, 4.69) is 54.8 Å². The number of morpholine rings is 1. The van der Waals surface area contributed by atoms with Gasteiger partial charge in [-0.2, -0.15) is 0 Å². The van der Waals surface area contributed by atoms with Gasteiger partial charge in [-0.15, -0.1) is 0 Å². The van der Waals surface area contributed by atoms with Crippen molar-refractivity contribution in [3.05, 3.63) is 35.9 Å². The van der Waals surface area contributed by atoms with Crippen molar-refractivity contribution in [3.8, 4) is 11.3 Å². The van der Waals surface area contributed by atoms with Crippen molar-refractivity contribution in [3.63, 3.8) is 0 Å². The van der Waals surface area contributed by atoms with E-state index in [4.69, 9.17) is 14.0 Å². The van der Waals surface area contributed by atoms with Gasteiger partial charge in [-0.05, 0) is 11.8 Å². The van der Waals surface area contributed by atoms with Crippen molar-refractivity contribution in [1.82, 2.24) is 10.1 Å². The van der Waals surface area contributed by atoms with E-state index in [1.165, 1.54) is 0 Å². The first-order valence-corrected chi connectivity index (χ1v) is 11.8. The van der Waals surface area contributed by atoms with E-state index < -0.39 is 6.10 Å². The first-order chi connectivity index (χ1) is 15.4. The van der Waals surface area contributed by atoms with Crippen LogP contribution in [0, 0.1) is 11.8 Å². The van der Waals surface area contributed by atoms with Crippen molar-refractivity contribution in [2.45, 2.75) is 40.3 Å². The van der Waals surface area contributed by atoms with Crippen LogP contribution in [-0.4, -0.2) is 73.9 Å². The van der Waals surface area contributed by atoms with Gasteiger partial charge in [0.25, 0.3) is 0 Å². The smallest absolute Gasteiger partial charge is 0.232 e. The molecule has 178 valence electrons. The Bertz CT molecular complexity index is 788. The van der Waals surface area contributed by atoms with E-state index >= 15 is 0 Å². The van der Waals surface area contributed by atoms with Gasteiger partial charge in [-0.25, -0.2) is 0 Å². The fraction of sp³-hybridized carbons (Fsp3) is 0.640. The van der Waals surface area contributed by atoms with Crippen LogP contribution >= 0.6 is 0 Å². The number of nitrogens with zero attached hydrogens (tertiary/aromatic N) is 3. The lowest BCUT2D eigenvalue weighted by Gasteiger charge is -2.30. The largest absolute Gasteiger partial charge is 0.389 e. The van der Waals surface area contributed by atoms with Crippen LogP contribution in [0.15, 0.2) is 34.9 Å². The normalized spacial score (nSPS) is 15.8. The van der Waals surface area contributed by atoms with E-state index in [9.17, 15) is 5.11 Å². The van der Waals surface area contributed by atoms with Crippen LogP contribution in [0.4, 0.5) is 5.88 Å². The number of hydrogen-bond donors (Lipinski definition) is 1. The molecule has 2 aromatic rings. The highest BCUT2D eigenvalue weighted by Gasteiger charge is 2.26. The summed E-state index contributed by atoms with van der Waals surface area (Å²) in [5.41, 5.74) is 2.97. The second-order valence-corrected chi connectivity index (χ2v) is 9.45. The first-order valence-electron chi connectivity index (χ1n) is 11.8. The molecule has 0 bridgehead atoms. The van der Waals surface area contributed by atoms with E-state index in [1.54, 1.807) is 0 Å². The van der Waals surface area contributed by atoms with Crippen LogP contribution in [0.5, 0.6) is 0 Å². The van der Waals surface area contributed by atoms with Crippen molar-refractivity contribution in [2.24, 2.45) is 11.8 Å². The van der Waals surface area contributed by atoms with Gasteiger partial charge < -0.3 is 24.0 Å². The Morgan fingerprint density at radius 3 is 2.41 bits per heavy atom.